The Morgan fingerprint density at radius 1 is 1.09 bits per heavy atom. The highest BCUT2D eigenvalue weighted by molar-refractivity contribution is 7.87. The molecule has 182 valence electrons. The van der Waals surface area contributed by atoms with Crippen molar-refractivity contribution >= 4 is 16.1 Å². The average Bonchev–Trinajstić information content (AvgIpc) is 3.65. The highest BCUT2D eigenvalue weighted by atomic mass is 32.2. The Balaban J connectivity index is 1.21. The number of rotatable bonds is 9. The van der Waals surface area contributed by atoms with Gasteiger partial charge in [0, 0.05) is 32.2 Å². The molecule has 4 fully saturated rings. The van der Waals surface area contributed by atoms with Gasteiger partial charge in [0.2, 0.25) is 0 Å². The van der Waals surface area contributed by atoms with E-state index in [2.05, 4.69) is 9.62 Å². The molecule has 0 radical (unpaired) electrons. The van der Waals surface area contributed by atoms with Crippen molar-refractivity contribution in [2.24, 2.45) is 5.92 Å². The highest BCUT2D eigenvalue weighted by Crippen LogP contribution is 2.45. The van der Waals surface area contributed by atoms with Crippen molar-refractivity contribution < 1.29 is 27.1 Å². The molecule has 1 aromatic rings. The molecule has 2 aliphatic carbocycles. The second-order valence-corrected chi connectivity index (χ2v) is 11.6. The summed E-state index contributed by atoms with van der Waals surface area (Å²) >= 11 is 0. The molecule has 2 heterocycles. The van der Waals surface area contributed by atoms with Crippen LogP contribution in [0.2, 0.25) is 0 Å². The van der Waals surface area contributed by atoms with Gasteiger partial charge in [-0.15, -0.1) is 0 Å². The van der Waals surface area contributed by atoms with Crippen LogP contribution in [0.1, 0.15) is 60.4 Å². The Morgan fingerprint density at radius 3 is 2.39 bits per heavy atom. The van der Waals surface area contributed by atoms with Gasteiger partial charge in [-0.2, -0.15) is 12.7 Å². The smallest absolute Gasteiger partial charge is 0.304 e. The fourth-order valence-electron chi connectivity index (χ4n) is 4.52. The number of nitrogens with one attached hydrogen (secondary N) is 1. The van der Waals surface area contributed by atoms with Gasteiger partial charge in [-0.25, -0.2) is 9.11 Å². The molecule has 2 saturated carbocycles. The number of likely N-dealkylation sites (N-methyl/N-ethyl adjacent to an activating group) is 1. The van der Waals surface area contributed by atoms with E-state index >= 15 is 0 Å². The van der Waals surface area contributed by atoms with E-state index in [0.717, 1.165) is 44.3 Å². The summed E-state index contributed by atoms with van der Waals surface area (Å²) in [6, 6.07) is 2.70. The van der Waals surface area contributed by atoms with Crippen LogP contribution >= 0.6 is 0 Å². The van der Waals surface area contributed by atoms with E-state index < -0.39 is 21.9 Å². The SMILES string of the molecule is CN1CC(OC2CCN(S(=O)(=O)NC(=O)c3cc(C4CC4)c(OCC4CC4)cc3F)CC2)C1. The molecule has 1 aromatic carbocycles. The molecular formula is C23H32FN3O5S. The Bertz CT molecular complexity index is 998. The Morgan fingerprint density at radius 2 is 1.79 bits per heavy atom. The lowest BCUT2D eigenvalue weighted by molar-refractivity contribution is -0.0957. The molecule has 10 heteroatoms. The van der Waals surface area contributed by atoms with Gasteiger partial charge in [0.15, 0.2) is 0 Å². The monoisotopic (exact) mass is 481 g/mol. The zero-order valence-electron chi connectivity index (χ0n) is 19.0. The lowest BCUT2D eigenvalue weighted by atomic mass is 10.0. The molecule has 2 aliphatic heterocycles. The number of piperidine rings is 1. The standard InChI is InChI=1S/C23H32FN3O5S/c1-26-12-18(13-26)32-17-6-8-27(9-7-17)33(29,30)25-23(28)20-10-19(16-4-5-16)22(11-21(20)24)31-14-15-2-3-15/h10-11,15-18H,2-9,12-14H2,1H3,(H,25,28). The number of nitrogens with zero attached hydrogens (tertiary/aromatic N) is 2. The molecule has 33 heavy (non-hydrogen) atoms. The van der Waals surface area contributed by atoms with Gasteiger partial charge in [0.1, 0.15) is 11.6 Å². The molecule has 1 N–H and O–H groups in total. The predicted molar refractivity (Wildman–Crippen MR) is 120 cm³/mol. The zero-order valence-corrected chi connectivity index (χ0v) is 19.8. The Labute approximate surface area is 194 Å². The second kappa shape index (κ2) is 9.13. The van der Waals surface area contributed by atoms with E-state index in [9.17, 15) is 17.6 Å². The van der Waals surface area contributed by atoms with Crippen molar-refractivity contribution in [3.63, 3.8) is 0 Å². The molecule has 0 bridgehead atoms. The molecule has 4 aliphatic rings. The van der Waals surface area contributed by atoms with Crippen molar-refractivity contribution in [1.82, 2.24) is 13.9 Å². The van der Waals surface area contributed by atoms with E-state index in [4.69, 9.17) is 9.47 Å². The minimum absolute atomic E-state index is 0.0209. The van der Waals surface area contributed by atoms with Crippen LogP contribution in [0, 0.1) is 11.7 Å². The second-order valence-electron chi connectivity index (χ2n) is 9.91. The molecule has 8 nitrogen and oxygen atoms in total. The lowest BCUT2D eigenvalue weighted by Gasteiger charge is -2.40. The van der Waals surface area contributed by atoms with E-state index in [1.165, 1.54) is 16.4 Å². The fourth-order valence-corrected chi connectivity index (χ4v) is 5.69. The topological polar surface area (TPSA) is 88.2 Å². The van der Waals surface area contributed by atoms with Gasteiger partial charge >= 0.3 is 10.2 Å². The highest BCUT2D eigenvalue weighted by Gasteiger charge is 2.35. The number of halogens is 1. The third-order valence-corrected chi connectivity index (χ3v) is 8.40. The first-order valence-corrected chi connectivity index (χ1v) is 13.3. The van der Waals surface area contributed by atoms with Crippen LogP contribution in [0.4, 0.5) is 4.39 Å². The van der Waals surface area contributed by atoms with Gasteiger partial charge < -0.3 is 14.4 Å². The normalized spacial score (nSPS) is 23.3. The van der Waals surface area contributed by atoms with E-state index in [1.807, 2.05) is 7.05 Å². The maximum atomic E-state index is 14.8. The summed E-state index contributed by atoms with van der Waals surface area (Å²) in [6.07, 6.45) is 5.54. The third kappa shape index (κ3) is 5.50. The molecule has 1 amide bonds. The molecular weight excluding hydrogens is 449 g/mol. The summed E-state index contributed by atoms with van der Waals surface area (Å²) in [4.78, 5) is 14.9. The first kappa shape index (κ1) is 23.0. The first-order valence-electron chi connectivity index (χ1n) is 11.9. The minimum Gasteiger partial charge on any atom is -0.493 e. The summed E-state index contributed by atoms with van der Waals surface area (Å²) in [7, 11) is -2.04. The van der Waals surface area contributed by atoms with E-state index in [-0.39, 0.29) is 36.8 Å². The van der Waals surface area contributed by atoms with Crippen LogP contribution in [0.3, 0.4) is 0 Å². The van der Waals surface area contributed by atoms with Crippen LogP contribution in [0.5, 0.6) is 5.75 Å². The third-order valence-electron chi connectivity index (χ3n) is 6.91. The summed E-state index contributed by atoms with van der Waals surface area (Å²) in [5, 5.41) is 0. The molecule has 0 spiro atoms. The van der Waals surface area contributed by atoms with Crippen molar-refractivity contribution in [2.75, 3.05) is 39.8 Å². The maximum absolute atomic E-state index is 14.8. The van der Waals surface area contributed by atoms with Gasteiger partial charge in [0.25, 0.3) is 5.91 Å². The summed E-state index contributed by atoms with van der Waals surface area (Å²) < 4.78 is 55.5. The van der Waals surface area contributed by atoms with Gasteiger partial charge in [0.05, 0.1) is 24.4 Å². The largest absolute Gasteiger partial charge is 0.493 e. The van der Waals surface area contributed by atoms with Crippen LogP contribution in [0.25, 0.3) is 0 Å². The number of likely N-dealkylation sites (tertiary alicyclic amines) is 1. The quantitative estimate of drug-likeness (QED) is 0.582. The Kier molecular flexibility index (Phi) is 6.37. The van der Waals surface area contributed by atoms with Crippen molar-refractivity contribution in [3.8, 4) is 5.75 Å². The zero-order chi connectivity index (χ0) is 23.2. The van der Waals surface area contributed by atoms with Gasteiger partial charge in [-0.05, 0) is 69.0 Å². The minimum atomic E-state index is -4.07. The lowest BCUT2D eigenvalue weighted by Crippen LogP contribution is -2.53. The summed E-state index contributed by atoms with van der Waals surface area (Å²) in [5.41, 5.74) is 0.533. The number of carbonyl (C=O) groups excluding carboxylic acids is 1. The van der Waals surface area contributed by atoms with Crippen molar-refractivity contribution in [3.05, 3.63) is 29.1 Å². The van der Waals surface area contributed by atoms with Crippen molar-refractivity contribution in [2.45, 2.75) is 56.7 Å². The average molecular weight is 482 g/mol. The van der Waals surface area contributed by atoms with Crippen molar-refractivity contribution in [1.29, 1.82) is 0 Å². The number of benzene rings is 1. The summed E-state index contributed by atoms with van der Waals surface area (Å²) in [6.45, 7) is 2.87. The number of ether oxygens (including phenoxy) is 2. The molecule has 5 rings (SSSR count). The van der Waals surface area contributed by atoms with Gasteiger partial charge in [-0.3, -0.25) is 4.79 Å². The number of hydrogen-bond donors (Lipinski definition) is 1. The van der Waals surface area contributed by atoms with Gasteiger partial charge in [-0.1, -0.05) is 0 Å². The number of hydrogen-bond acceptors (Lipinski definition) is 6. The predicted octanol–water partition coefficient (Wildman–Crippen LogP) is 2.26. The Hall–Kier alpha value is -1.75. The number of amides is 1. The first-order chi connectivity index (χ1) is 15.8. The molecule has 2 saturated heterocycles. The van der Waals surface area contributed by atoms with E-state index in [0.29, 0.717) is 31.1 Å². The van der Waals surface area contributed by atoms with E-state index in [1.54, 1.807) is 0 Å². The molecule has 0 atom stereocenters. The maximum Gasteiger partial charge on any atom is 0.304 e. The molecule has 0 aromatic heterocycles. The van der Waals surface area contributed by atoms with Crippen LogP contribution < -0.4 is 9.46 Å². The summed E-state index contributed by atoms with van der Waals surface area (Å²) in [5.74, 6) is -0.481. The fraction of sp³-hybridized carbons (Fsp3) is 0.696. The molecule has 0 unspecified atom stereocenters. The van der Waals surface area contributed by atoms with Crippen LogP contribution in [-0.4, -0.2) is 75.6 Å². The van der Waals surface area contributed by atoms with Crippen LogP contribution in [0.15, 0.2) is 12.1 Å². The van der Waals surface area contributed by atoms with Crippen LogP contribution in [-0.2, 0) is 14.9 Å². The number of carbonyl (C=O) groups is 1.